The van der Waals surface area contributed by atoms with E-state index in [1.165, 1.54) is 18.0 Å². The summed E-state index contributed by atoms with van der Waals surface area (Å²) in [6, 6.07) is 5.27. The van der Waals surface area contributed by atoms with Gasteiger partial charge in [-0.2, -0.15) is 0 Å². The van der Waals surface area contributed by atoms with Crippen LogP contribution >= 0.6 is 23.4 Å². The van der Waals surface area contributed by atoms with Crippen molar-refractivity contribution < 1.29 is 20.1 Å². The van der Waals surface area contributed by atoms with Crippen molar-refractivity contribution in [1.82, 2.24) is 9.97 Å². The van der Waals surface area contributed by atoms with Crippen molar-refractivity contribution in [2.45, 2.75) is 23.7 Å². The van der Waals surface area contributed by atoms with Gasteiger partial charge in [-0.3, -0.25) is 4.98 Å². The predicted octanol–water partition coefficient (Wildman–Crippen LogP) is 1.33. The molecule has 2 aromatic rings. The molecule has 6 nitrogen and oxygen atoms in total. The Labute approximate surface area is 142 Å². The van der Waals surface area contributed by atoms with Gasteiger partial charge in [0, 0.05) is 29.3 Å². The molecule has 8 heteroatoms. The van der Waals surface area contributed by atoms with E-state index in [1.807, 2.05) is 6.07 Å². The van der Waals surface area contributed by atoms with Gasteiger partial charge in [0.2, 0.25) is 0 Å². The topological polar surface area (TPSA) is 95.7 Å². The second-order valence-electron chi connectivity index (χ2n) is 5.15. The number of aliphatic hydroxyl groups excluding tert-OH is 3. The van der Waals surface area contributed by atoms with Gasteiger partial charge in [0.05, 0.1) is 12.3 Å². The van der Waals surface area contributed by atoms with E-state index < -0.39 is 23.7 Å². The quantitative estimate of drug-likeness (QED) is 0.715. The number of hydrogen-bond donors (Lipinski definition) is 3. The van der Waals surface area contributed by atoms with Crippen molar-refractivity contribution in [2.75, 3.05) is 5.75 Å². The van der Waals surface area contributed by atoms with E-state index >= 15 is 0 Å². The number of halogens is 1. The molecule has 0 aromatic carbocycles. The molecule has 0 saturated carbocycles. The summed E-state index contributed by atoms with van der Waals surface area (Å²) in [5, 5.41) is 29.6. The summed E-state index contributed by atoms with van der Waals surface area (Å²) in [5.41, 5.74) is 0.955. The second-order valence-corrected chi connectivity index (χ2v) is 6.67. The normalized spacial score (nSPS) is 27.7. The summed E-state index contributed by atoms with van der Waals surface area (Å²) >= 11 is 7.02. The lowest BCUT2D eigenvalue weighted by Gasteiger charge is -2.34. The summed E-state index contributed by atoms with van der Waals surface area (Å²) in [4.78, 5) is 8.14. The number of aromatic nitrogens is 2. The monoisotopic (exact) mass is 354 g/mol. The molecule has 0 radical (unpaired) electrons. The van der Waals surface area contributed by atoms with E-state index in [9.17, 15) is 15.3 Å². The molecule has 3 N–H and O–H groups in total. The highest BCUT2D eigenvalue weighted by atomic mass is 35.5. The highest BCUT2D eigenvalue weighted by Gasteiger charge is 2.38. The summed E-state index contributed by atoms with van der Waals surface area (Å²) in [5.74, 6) is 0.745. The largest absolute Gasteiger partial charge is 0.475 e. The molecule has 3 rings (SSSR count). The Hall–Kier alpha value is -1.38. The highest BCUT2D eigenvalue weighted by Crippen LogP contribution is 2.30. The zero-order valence-corrected chi connectivity index (χ0v) is 13.5. The lowest BCUT2D eigenvalue weighted by atomic mass is 10.1. The molecular formula is C15H15ClN2O4S. The Morgan fingerprint density at radius 3 is 2.65 bits per heavy atom. The number of nitrogens with zero attached hydrogens (tertiary/aromatic N) is 2. The Morgan fingerprint density at radius 2 is 1.91 bits per heavy atom. The van der Waals surface area contributed by atoms with Crippen LogP contribution in [0.25, 0.3) is 11.1 Å². The first-order valence-electron chi connectivity index (χ1n) is 6.94. The van der Waals surface area contributed by atoms with Crippen LogP contribution in [0.3, 0.4) is 0 Å². The first-order chi connectivity index (χ1) is 11.0. The maximum atomic E-state index is 9.99. The molecule has 3 heterocycles. The van der Waals surface area contributed by atoms with Gasteiger partial charge in [0.25, 0.3) is 0 Å². The molecule has 122 valence electrons. The zero-order valence-electron chi connectivity index (χ0n) is 11.9. The summed E-state index contributed by atoms with van der Waals surface area (Å²) in [7, 11) is 0. The smallest absolute Gasteiger partial charge is 0.173 e. The number of hydrogen-bond acceptors (Lipinski definition) is 7. The standard InChI is InChI=1S/C15H15ClN2O4S/c16-12-2-1-8(5-18-12)9-3-10(6-17-4-9)22-15-14(21)13(20)11(19)7-23-15/h1-6,11,13-15,19-21H,7H2/t11-,13+,14-,15-/m1/s1. The fourth-order valence-electron chi connectivity index (χ4n) is 2.20. The number of thioether (sulfide) groups is 1. The Balaban J connectivity index is 1.76. The van der Waals surface area contributed by atoms with Crippen molar-refractivity contribution in [3.63, 3.8) is 0 Å². The third kappa shape index (κ3) is 3.76. The van der Waals surface area contributed by atoms with Crippen LogP contribution in [0.15, 0.2) is 36.8 Å². The molecule has 1 saturated heterocycles. The van der Waals surface area contributed by atoms with Gasteiger partial charge in [-0.15, -0.1) is 11.8 Å². The SMILES string of the molecule is O[C@@H]1[C@@H](O)[C@H](Oc2cncc(-c3ccc(Cl)nc3)c2)SC[C@H]1O. The van der Waals surface area contributed by atoms with Crippen molar-refractivity contribution in [1.29, 1.82) is 0 Å². The van der Waals surface area contributed by atoms with Gasteiger partial charge in [-0.1, -0.05) is 11.6 Å². The minimum absolute atomic E-state index is 0.289. The van der Waals surface area contributed by atoms with Crippen LogP contribution in [0, 0.1) is 0 Å². The molecule has 0 spiro atoms. The van der Waals surface area contributed by atoms with Gasteiger partial charge < -0.3 is 20.1 Å². The minimum Gasteiger partial charge on any atom is -0.475 e. The van der Waals surface area contributed by atoms with Gasteiger partial charge in [0.1, 0.15) is 23.1 Å². The summed E-state index contributed by atoms with van der Waals surface area (Å²) in [6.45, 7) is 0. The van der Waals surface area contributed by atoms with Gasteiger partial charge in [-0.05, 0) is 18.2 Å². The van der Waals surface area contributed by atoms with Crippen LogP contribution in [-0.2, 0) is 0 Å². The van der Waals surface area contributed by atoms with Crippen LogP contribution in [0.1, 0.15) is 0 Å². The fraction of sp³-hybridized carbons (Fsp3) is 0.333. The Morgan fingerprint density at radius 1 is 1.09 bits per heavy atom. The third-order valence-electron chi connectivity index (χ3n) is 3.48. The number of rotatable bonds is 3. The van der Waals surface area contributed by atoms with Crippen molar-refractivity contribution in [3.05, 3.63) is 41.9 Å². The average molecular weight is 355 g/mol. The third-order valence-corrected chi connectivity index (χ3v) is 4.94. The molecule has 0 unspecified atom stereocenters. The lowest BCUT2D eigenvalue weighted by molar-refractivity contribution is -0.0786. The first-order valence-corrected chi connectivity index (χ1v) is 8.37. The Kier molecular flexibility index (Phi) is 5.03. The molecule has 1 fully saturated rings. The van der Waals surface area contributed by atoms with E-state index in [0.29, 0.717) is 10.9 Å². The van der Waals surface area contributed by atoms with Crippen LogP contribution in [-0.4, -0.2) is 54.8 Å². The molecule has 1 aliphatic rings. The van der Waals surface area contributed by atoms with E-state index in [4.69, 9.17) is 16.3 Å². The van der Waals surface area contributed by atoms with Crippen molar-refractivity contribution in [2.24, 2.45) is 0 Å². The van der Waals surface area contributed by atoms with Crippen molar-refractivity contribution in [3.8, 4) is 16.9 Å². The zero-order chi connectivity index (χ0) is 16.4. The van der Waals surface area contributed by atoms with Crippen LogP contribution in [0.4, 0.5) is 0 Å². The van der Waals surface area contributed by atoms with Crippen LogP contribution in [0.5, 0.6) is 5.75 Å². The highest BCUT2D eigenvalue weighted by molar-refractivity contribution is 7.99. The van der Waals surface area contributed by atoms with Crippen LogP contribution in [0.2, 0.25) is 5.15 Å². The molecule has 0 aliphatic carbocycles. The lowest BCUT2D eigenvalue weighted by Crippen LogP contribution is -2.50. The van der Waals surface area contributed by atoms with E-state index in [2.05, 4.69) is 9.97 Å². The number of ether oxygens (including phenoxy) is 1. The average Bonchev–Trinajstić information content (AvgIpc) is 2.56. The number of aliphatic hydroxyl groups is 3. The van der Waals surface area contributed by atoms with Crippen LogP contribution < -0.4 is 4.74 Å². The van der Waals surface area contributed by atoms with Crippen molar-refractivity contribution >= 4 is 23.4 Å². The van der Waals surface area contributed by atoms with E-state index in [-0.39, 0.29) is 5.75 Å². The van der Waals surface area contributed by atoms with Gasteiger partial charge in [-0.25, -0.2) is 4.98 Å². The van der Waals surface area contributed by atoms with E-state index in [0.717, 1.165) is 11.1 Å². The molecule has 4 atom stereocenters. The molecule has 0 amide bonds. The molecule has 0 bridgehead atoms. The van der Waals surface area contributed by atoms with E-state index in [1.54, 1.807) is 24.5 Å². The maximum Gasteiger partial charge on any atom is 0.173 e. The Bertz CT molecular complexity index is 673. The molecule has 1 aliphatic heterocycles. The minimum atomic E-state index is -1.22. The number of pyridine rings is 2. The molecule has 23 heavy (non-hydrogen) atoms. The summed E-state index contributed by atoms with van der Waals surface area (Å²) < 4.78 is 5.71. The maximum absolute atomic E-state index is 9.99. The van der Waals surface area contributed by atoms with Gasteiger partial charge in [0.15, 0.2) is 5.44 Å². The summed E-state index contributed by atoms with van der Waals surface area (Å²) in [6.07, 6.45) is 1.47. The first kappa shape index (κ1) is 16.5. The predicted molar refractivity (Wildman–Crippen MR) is 87.4 cm³/mol. The molecule has 2 aromatic heterocycles. The second kappa shape index (κ2) is 7.02. The fourth-order valence-corrected chi connectivity index (χ4v) is 3.44. The van der Waals surface area contributed by atoms with Gasteiger partial charge >= 0.3 is 0 Å². The molecular weight excluding hydrogens is 340 g/mol.